The van der Waals surface area contributed by atoms with Gasteiger partial charge in [-0.05, 0) is 39.8 Å². The minimum absolute atomic E-state index is 0.298. The quantitative estimate of drug-likeness (QED) is 0.795. The Hall–Kier alpha value is -3.16. The van der Waals surface area contributed by atoms with Gasteiger partial charge in [-0.1, -0.05) is 18.2 Å². The van der Waals surface area contributed by atoms with E-state index in [4.69, 9.17) is 4.74 Å². The smallest absolute Gasteiger partial charge is 0.342 e. The highest BCUT2D eigenvalue weighted by Gasteiger charge is 2.25. The van der Waals surface area contributed by atoms with Gasteiger partial charge < -0.3 is 10.1 Å². The second-order valence-electron chi connectivity index (χ2n) is 5.69. The molecule has 1 unspecified atom stereocenters. The third-order valence-electron chi connectivity index (χ3n) is 3.72. The molecule has 0 fully saturated rings. The van der Waals surface area contributed by atoms with Crippen LogP contribution >= 0.6 is 0 Å². The maximum Gasteiger partial charge on any atom is 0.342 e. The average molecular weight is 358 g/mol. The van der Waals surface area contributed by atoms with Crippen molar-refractivity contribution in [2.45, 2.75) is 33.8 Å². The first kappa shape index (κ1) is 19.2. The van der Waals surface area contributed by atoms with Crippen LogP contribution in [0.25, 0.3) is 5.69 Å². The lowest BCUT2D eigenvalue weighted by Crippen LogP contribution is -2.44. The summed E-state index contributed by atoms with van der Waals surface area (Å²) < 4.78 is 6.85. The summed E-state index contributed by atoms with van der Waals surface area (Å²) >= 11 is 0. The molecule has 1 atom stereocenters. The summed E-state index contributed by atoms with van der Waals surface area (Å²) in [7, 11) is 0. The maximum atomic E-state index is 12.5. The standard InChI is InChI=1S/C18H22N4O4/c1-5-19-18(25)20-16(23)13(4)26-17(24)15-11(2)21-22(12(15)3)14-9-7-6-8-10-14/h6-10,13H,5H2,1-4H3,(H2,19,20,23,25). The van der Waals surface area contributed by atoms with Crippen molar-refractivity contribution in [3.63, 3.8) is 0 Å². The molecule has 3 amide bonds. The van der Waals surface area contributed by atoms with E-state index in [1.54, 1.807) is 25.5 Å². The lowest BCUT2D eigenvalue weighted by atomic mass is 10.2. The summed E-state index contributed by atoms with van der Waals surface area (Å²) in [5.41, 5.74) is 2.21. The van der Waals surface area contributed by atoms with Crippen molar-refractivity contribution in [3.8, 4) is 5.69 Å². The number of nitrogens with zero attached hydrogens (tertiary/aromatic N) is 2. The van der Waals surface area contributed by atoms with Crippen LogP contribution in [0, 0.1) is 13.8 Å². The number of amides is 3. The Balaban J connectivity index is 2.14. The zero-order valence-corrected chi connectivity index (χ0v) is 15.2. The Bertz CT molecular complexity index is 814. The van der Waals surface area contributed by atoms with E-state index in [0.29, 0.717) is 23.5 Å². The molecule has 8 heteroatoms. The number of esters is 1. The number of carbonyl (C=O) groups excluding carboxylic acids is 3. The van der Waals surface area contributed by atoms with Gasteiger partial charge >= 0.3 is 12.0 Å². The number of benzene rings is 1. The third kappa shape index (κ3) is 4.27. The summed E-state index contributed by atoms with van der Waals surface area (Å²) in [5.74, 6) is -1.37. The first-order chi connectivity index (χ1) is 12.3. The fourth-order valence-corrected chi connectivity index (χ4v) is 2.45. The van der Waals surface area contributed by atoms with Crippen LogP contribution in [0.1, 0.15) is 35.6 Å². The lowest BCUT2D eigenvalue weighted by Gasteiger charge is -2.13. The molecular formula is C18H22N4O4. The van der Waals surface area contributed by atoms with Gasteiger partial charge in [0.05, 0.1) is 17.1 Å². The summed E-state index contributed by atoms with van der Waals surface area (Å²) in [4.78, 5) is 35.8. The Morgan fingerprint density at radius 1 is 1.19 bits per heavy atom. The highest BCUT2D eigenvalue weighted by molar-refractivity contribution is 5.99. The van der Waals surface area contributed by atoms with Crippen LogP contribution in [0.2, 0.25) is 0 Å². The van der Waals surface area contributed by atoms with Gasteiger partial charge in [-0.25, -0.2) is 14.3 Å². The zero-order chi connectivity index (χ0) is 19.3. The van der Waals surface area contributed by atoms with Gasteiger partial charge in [0, 0.05) is 6.54 Å². The molecule has 0 spiro atoms. The molecule has 138 valence electrons. The van der Waals surface area contributed by atoms with E-state index in [-0.39, 0.29) is 0 Å². The van der Waals surface area contributed by atoms with Crippen molar-refractivity contribution >= 4 is 17.9 Å². The summed E-state index contributed by atoms with van der Waals surface area (Å²) in [5, 5.41) is 8.92. The van der Waals surface area contributed by atoms with Crippen molar-refractivity contribution in [2.24, 2.45) is 0 Å². The number of urea groups is 1. The minimum Gasteiger partial charge on any atom is -0.449 e. The van der Waals surface area contributed by atoms with Crippen molar-refractivity contribution in [1.82, 2.24) is 20.4 Å². The van der Waals surface area contributed by atoms with Crippen LogP contribution < -0.4 is 10.6 Å². The van der Waals surface area contributed by atoms with Gasteiger partial charge in [0.25, 0.3) is 5.91 Å². The molecule has 0 aliphatic carbocycles. The maximum absolute atomic E-state index is 12.5. The molecule has 26 heavy (non-hydrogen) atoms. The number of carbonyl (C=O) groups is 3. The fourth-order valence-electron chi connectivity index (χ4n) is 2.45. The molecule has 2 N–H and O–H groups in total. The van der Waals surface area contributed by atoms with Crippen LogP contribution in [-0.2, 0) is 9.53 Å². The number of hydrogen-bond acceptors (Lipinski definition) is 5. The largest absolute Gasteiger partial charge is 0.449 e. The normalized spacial score (nSPS) is 11.5. The highest BCUT2D eigenvalue weighted by atomic mass is 16.5. The molecule has 2 aromatic rings. The molecule has 0 bridgehead atoms. The van der Waals surface area contributed by atoms with Crippen LogP contribution in [0.5, 0.6) is 0 Å². The molecule has 0 aliphatic heterocycles. The number of rotatable bonds is 5. The highest BCUT2D eigenvalue weighted by Crippen LogP contribution is 2.19. The number of hydrogen-bond donors (Lipinski definition) is 2. The first-order valence-electron chi connectivity index (χ1n) is 8.26. The van der Waals surface area contributed by atoms with E-state index in [2.05, 4.69) is 15.7 Å². The summed E-state index contributed by atoms with van der Waals surface area (Å²) in [6, 6.07) is 8.74. The molecule has 2 rings (SSSR count). The average Bonchev–Trinajstić information content (AvgIpc) is 2.90. The Morgan fingerprint density at radius 3 is 2.46 bits per heavy atom. The minimum atomic E-state index is -1.12. The Labute approximate surface area is 151 Å². The molecule has 0 radical (unpaired) electrons. The fraction of sp³-hybridized carbons (Fsp3) is 0.333. The van der Waals surface area contributed by atoms with E-state index in [1.807, 2.05) is 30.3 Å². The van der Waals surface area contributed by atoms with Crippen molar-refractivity contribution < 1.29 is 19.1 Å². The van der Waals surface area contributed by atoms with Gasteiger partial charge in [0.15, 0.2) is 6.10 Å². The molecule has 0 aliphatic rings. The molecule has 0 saturated carbocycles. The Kier molecular flexibility index (Phi) is 6.11. The summed E-state index contributed by atoms with van der Waals surface area (Å²) in [6.07, 6.45) is -1.12. The van der Waals surface area contributed by atoms with E-state index in [9.17, 15) is 14.4 Å². The monoisotopic (exact) mass is 358 g/mol. The predicted octanol–water partition coefficient (Wildman–Crippen LogP) is 1.88. The topological polar surface area (TPSA) is 102 Å². The number of para-hydroxylation sites is 1. The van der Waals surface area contributed by atoms with E-state index in [0.717, 1.165) is 5.69 Å². The number of nitrogens with one attached hydrogen (secondary N) is 2. The van der Waals surface area contributed by atoms with Gasteiger partial charge in [-0.3, -0.25) is 10.1 Å². The third-order valence-corrected chi connectivity index (χ3v) is 3.72. The van der Waals surface area contributed by atoms with Gasteiger partial charge in [0.1, 0.15) is 5.56 Å². The van der Waals surface area contributed by atoms with Crippen LogP contribution in [0.3, 0.4) is 0 Å². The van der Waals surface area contributed by atoms with E-state index < -0.39 is 24.0 Å². The Morgan fingerprint density at radius 2 is 1.85 bits per heavy atom. The van der Waals surface area contributed by atoms with Crippen LogP contribution in [0.4, 0.5) is 4.79 Å². The van der Waals surface area contributed by atoms with Crippen molar-refractivity contribution in [1.29, 1.82) is 0 Å². The van der Waals surface area contributed by atoms with Gasteiger partial charge in [-0.2, -0.15) is 5.10 Å². The molecule has 1 aromatic heterocycles. The van der Waals surface area contributed by atoms with Crippen LogP contribution in [0.15, 0.2) is 30.3 Å². The van der Waals surface area contributed by atoms with Crippen molar-refractivity contribution in [2.75, 3.05) is 6.54 Å². The molecule has 8 nitrogen and oxygen atoms in total. The molecular weight excluding hydrogens is 336 g/mol. The summed E-state index contributed by atoms with van der Waals surface area (Å²) in [6.45, 7) is 6.96. The first-order valence-corrected chi connectivity index (χ1v) is 8.26. The number of imide groups is 1. The number of aromatic nitrogens is 2. The van der Waals surface area contributed by atoms with Gasteiger partial charge in [-0.15, -0.1) is 0 Å². The number of ether oxygens (including phenoxy) is 1. The van der Waals surface area contributed by atoms with Crippen molar-refractivity contribution in [3.05, 3.63) is 47.3 Å². The zero-order valence-electron chi connectivity index (χ0n) is 15.2. The second kappa shape index (κ2) is 8.28. The van der Waals surface area contributed by atoms with E-state index in [1.165, 1.54) is 6.92 Å². The van der Waals surface area contributed by atoms with Crippen LogP contribution in [-0.4, -0.2) is 40.3 Å². The second-order valence-corrected chi connectivity index (χ2v) is 5.69. The SMILES string of the molecule is CCNC(=O)NC(=O)C(C)OC(=O)c1c(C)nn(-c2ccccc2)c1C. The molecule has 0 saturated heterocycles. The number of aryl methyl sites for hydroxylation is 1. The van der Waals surface area contributed by atoms with E-state index >= 15 is 0 Å². The van der Waals surface area contributed by atoms with Gasteiger partial charge in [0.2, 0.25) is 0 Å². The molecule has 1 heterocycles. The molecule has 1 aromatic carbocycles. The lowest BCUT2D eigenvalue weighted by molar-refractivity contribution is -0.127. The predicted molar refractivity (Wildman–Crippen MR) is 95.1 cm³/mol.